The molecule has 8 heteroatoms. The lowest BCUT2D eigenvalue weighted by molar-refractivity contribution is 0.390. The van der Waals surface area contributed by atoms with Crippen molar-refractivity contribution in [3.05, 3.63) is 48.0 Å². The van der Waals surface area contributed by atoms with Crippen LogP contribution in [0.1, 0.15) is 12.0 Å². The van der Waals surface area contributed by atoms with Gasteiger partial charge in [-0.05, 0) is 36.6 Å². The number of halogens is 1. The molecule has 170 valence electrons. The van der Waals surface area contributed by atoms with Gasteiger partial charge >= 0.3 is 0 Å². The summed E-state index contributed by atoms with van der Waals surface area (Å²) in [6, 6.07) is 14.1. The van der Waals surface area contributed by atoms with Crippen molar-refractivity contribution in [1.29, 1.82) is 0 Å². The average Bonchev–Trinajstić information content (AvgIpc) is 3.28. The number of rotatable bonds is 8. The predicted molar refractivity (Wildman–Crippen MR) is 136 cm³/mol. The minimum absolute atomic E-state index is 0. The minimum Gasteiger partial charge on any atom is -0.497 e. The first-order valence-electron chi connectivity index (χ1n) is 10.2. The van der Waals surface area contributed by atoms with Gasteiger partial charge in [-0.2, -0.15) is 0 Å². The van der Waals surface area contributed by atoms with Gasteiger partial charge in [0.2, 0.25) is 0 Å². The lowest BCUT2D eigenvalue weighted by Crippen LogP contribution is -2.40. The highest BCUT2D eigenvalue weighted by atomic mass is 127. The van der Waals surface area contributed by atoms with Crippen molar-refractivity contribution in [3.8, 4) is 17.2 Å². The topological polar surface area (TPSA) is 67.4 Å². The Bertz CT molecular complexity index is 862. The second kappa shape index (κ2) is 12.5. The maximum atomic E-state index is 5.47. The summed E-state index contributed by atoms with van der Waals surface area (Å²) in [5.41, 5.74) is 2.26. The lowest BCUT2D eigenvalue weighted by Gasteiger charge is -2.20. The molecule has 1 atom stereocenters. The number of ether oxygens (including phenoxy) is 3. The molecular weight excluding hydrogens is 507 g/mol. The lowest BCUT2D eigenvalue weighted by atomic mass is 10.1. The molecule has 0 aromatic heterocycles. The second-order valence-corrected chi connectivity index (χ2v) is 7.29. The largest absolute Gasteiger partial charge is 0.497 e. The quantitative estimate of drug-likeness (QED) is 0.304. The normalized spacial score (nSPS) is 15.8. The third-order valence-corrected chi connectivity index (χ3v) is 5.43. The molecule has 3 rings (SSSR count). The molecule has 31 heavy (non-hydrogen) atoms. The molecular formula is C23H33IN4O3. The maximum absolute atomic E-state index is 5.47. The van der Waals surface area contributed by atoms with Crippen molar-refractivity contribution in [2.24, 2.45) is 10.9 Å². The highest BCUT2D eigenvalue weighted by Crippen LogP contribution is 2.27. The molecule has 1 aliphatic heterocycles. The molecule has 0 bridgehead atoms. The van der Waals surface area contributed by atoms with Crippen LogP contribution in [-0.4, -0.2) is 54.0 Å². The van der Waals surface area contributed by atoms with Gasteiger partial charge in [0.15, 0.2) is 5.96 Å². The van der Waals surface area contributed by atoms with E-state index in [-0.39, 0.29) is 24.0 Å². The number of aliphatic imine (C=N–C) groups is 1. The van der Waals surface area contributed by atoms with Crippen LogP contribution >= 0.6 is 24.0 Å². The van der Waals surface area contributed by atoms with E-state index in [1.165, 1.54) is 5.69 Å². The molecule has 2 aromatic carbocycles. The molecule has 0 spiro atoms. The van der Waals surface area contributed by atoms with Gasteiger partial charge in [0, 0.05) is 56.6 Å². The molecule has 0 amide bonds. The summed E-state index contributed by atoms with van der Waals surface area (Å²) in [6.45, 7) is 3.56. The highest BCUT2D eigenvalue weighted by Gasteiger charge is 2.23. The second-order valence-electron chi connectivity index (χ2n) is 7.29. The molecule has 1 heterocycles. The molecule has 1 unspecified atom stereocenters. The Morgan fingerprint density at radius 1 is 1.03 bits per heavy atom. The van der Waals surface area contributed by atoms with Gasteiger partial charge in [-0.15, -0.1) is 24.0 Å². The van der Waals surface area contributed by atoms with Crippen molar-refractivity contribution in [3.63, 3.8) is 0 Å². The van der Waals surface area contributed by atoms with Crippen LogP contribution in [0.5, 0.6) is 17.2 Å². The number of hydrogen-bond donors (Lipinski definition) is 2. The summed E-state index contributed by atoms with van der Waals surface area (Å²) in [5.74, 6) is 3.81. The van der Waals surface area contributed by atoms with E-state index in [4.69, 9.17) is 14.2 Å². The zero-order valence-electron chi connectivity index (χ0n) is 18.7. The average molecular weight is 540 g/mol. The predicted octanol–water partition coefficient (Wildman–Crippen LogP) is 3.52. The first kappa shape index (κ1) is 24.9. The molecule has 2 aromatic rings. The van der Waals surface area contributed by atoms with Gasteiger partial charge in [0.05, 0.1) is 21.3 Å². The van der Waals surface area contributed by atoms with Gasteiger partial charge < -0.3 is 29.7 Å². The number of nitrogens with zero attached hydrogens (tertiary/aromatic N) is 2. The number of methoxy groups -OCH3 is 3. The van der Waals surface area contributed by atoms with Crippen molar-refractivity contribution < 1.29 is 14.2 Å². The molecule has 0 aliphatic carbocycles. The van der Waals surface area contributed by atoms with Gasteiger partial charge in [-0.25, -0.2) is 0 Å². The van der Waals surface area contributed by atoms with Crippen LogP contribution in [0.4, 0.5) is 5.69 Å². The summed E-state index contributed by atoms with van der Waals surface area (Å²) >= 11 is 0. The first-order valence-corrected chi connectivity index (χ1v) is 10.2. The van der Waals surface area contributed by atoms with Gasteiger partial charge in [-0.3, -0.25) is 4.99 Å². The Morgan fingerprint density at radius 2 is 1.81 bits per heavy atom. The molecule has 0 saturated carbocycles. The Morgan fingerprint density at radius 3 is 2.52 bits per heavy atom. The van der Waals surface area contributed by atoms with Gasteiger partial charge in [0.25, 0.3) is 0 Å². The van der Waals surface area contributed by atoms with Crippen LogP contribution in [-0.2, 0) is 6.54 Å². The smallest absolute Gasteiger partial charge is 0.191 e. The summed E-state index contributed by atoms with van der Waals surface area (Å²) < 4.78 is 16.1. The van der Waals surface area contributed by atoms with E-state index in [0.717, 1.165) is 54.8 Å². The van der Waals surface area contributed by atoms with E-state index in [2.05, 4.69) is 32.7 Å². The standard InChI is InChI=1S/C23H32N4O3.HI/c1-24-23(26-15-18-8-9-21(29-3)13-22(18)30-4)25-14-17-10-11-27(16-17)19-6-5-7-20(12-19)28-2;/h5-9,12-13,17H,10-11,14-16H2,1-4H3,(H2,24,25,26);1H. The van der Waals surface area contributed by atoms with E-state index in [0.29, 0.717) is 12.5 Å². The summed E-state index contributed by atoms with van der Waals surface area (Å²) in [4.78, 5) is 6.76. The van der Waals surface area contributed by atoms with Crippen molar-refractivity contribution in [2.75, 3.05) is 52.9 Å². The van der Waals surface area contributed by atoms with Crippen LogP contribution in [0.25, 0.3) is 0 Å². The Hall–Kier alpha value is -2.36. The van der Waals surface area contributed by atoms with Crippen LogP contribution in [0.3, 0.4) is 0 Å². The molecule has 1 aliphatic rings. The minimum atomic E-state index is 0. The molecule has 0 radical (unpaired) electrons. The molecule has 2 N–H and O–H groups in total. The first-order chi connectivity index (χ1) is 14.7. The monoisotopic (exact) mass is 540 g/mol. The van der Waals surface area contributed by atoms with Gasteiger partial charge in [0.1, 0.15) is 17.2 Å². The maximum Gasteiger partial charge on any atom is 0.191 e. The van der Waals surface area contributed by atoms with E-state index in [1.807, 2.05) is 30.3 Å². The third-order valence-electron chi connectivity index (χ3n) is 5.43. The van der Waals surface area contributed by atoms with Crippen LogP contribution in [0.15, 0.2) is 47.5 Å². The van der Waals surface area contributed by atoms with E-state index < -0.39 is 0 Å². The Balaban J connectivity index is 0.00000341. The summed E-state index contributed by atoms with van der Waals surface area (Å²) in [5, 5.41) is 6.83. The number of hydrogen-bond acceptors (Lipinski definition) is 5. The zero-order valence-corrected chi connectivity index (χ0v) is 21.0. The SMILES string of the molecule is CN=C(NCc1ccc(OC)cc1OC)NCC1CCN(c2cccc(OC)c2)C1.I. The van der Waals surface area contributed by atoms with E-state index in [1.54, 1.807) is 28.4 Å². The molecule has 1 fully saturated rings. The van der Waals surface area contributed by atoms with Crippen molar-refractivity contribution >= 4 is 35.6 Å². The number of nitrogens with one attached hydrogen (secondary N) is 2. The number of benzene rings is 2. The molecule has 1 saturated heterocycles. The number of anilines is 1. The van der Waals surface area contributed by atoms with Crippen molar-refractivity contribution in [2.45, 2.75) is 13.0 Å². The fourth-order valence-corrected chi connectivity index (χ4v) is 3.68. The Labute approximate surface area is 202 Å². The fraction of sp³-hybridized carbons (Fsp3) is 0.435. The summed E-state index contributed by atoms with van der Waals surface area (Å²) in [7, 11) is 6.81. The third kappa shape index (κ3) is 6.81. The summed E-state index contributed by atoms with van der Waals surface area (Å²) in [6.07, 6.45) is 1.15. The van der Waals surface area contributed by atoms with Gasteiger partial charge in [-0.1, -0.05) is 6.07 Å². The van der Waals surface area contributed by atoms with Crippen LogP contribution < -0.4 is 29.7 Å². The Kier molecular flexibility index (Phi) is 10.0. The van der Waals surface area contributed by atoms with Crippen molar-refractivity contribution in [1.82, 2.24) is 10.6 Å². The number of guanidine groups is 1. The molecule has 7 nitrogen and oxygen atoms in total. The fourth-order valence-electron chi connectivity index (χ4n) is 3.68. The van der Waals surface area contributed by atoms with E-state index in [9.17, 15) is 0 Å². The van der Waals surface area contributed by atoms with Crippen LogP contribution in [0, 0.1) is 5.92 Å². The van der Waals surface area contributed by atoms with Crippen LogP contribution in [0.2, 0.25) is 0 Å². The highest BCUT2D eigenvalue weighted by molar-refractivity contribution is 14.0. The van der Waals surface area contributed by atoms with E-state index >= 15 is 0 Å². The zero-order chi connectivity index (χ0) is 21.3.